The van der Waals surface area contributed by atoms with E-state index in [1.54, 1.807) is 19.3 Å². The first-order valence-corrected chi connectivity index (χ1v) is 8.47. The molecule has 0 saturated carbocycles. The average molecular weight is 346 g/mol. The van der Waals surface area contributed by atoms with Crippen molar-refractivity contribution in [2.75, 3.05) is 18.0 Å². The molecule has 1 atom stereocenters. The molecule has 2 aromatic heterocycles. The normalized spacial score (nSPS) is 15.1. The zero-order valence-corrected chi connectivity index (χ0v) is 14.3. The molecule has 3 heterocycles. The molecule has 1 aliphatic heterocycles. The van der Waals surface area contributed by atoms with Crippen molar-refractivity contribution in [2.45, 2.75) is 19.1 Å². The fourth-order valence-corrected chi connectivity index (χ4v) is 2.76. The third-order valence-corrected chi connectivity index (χ3v) is 4.10. The molecular weight excluding hydrogens is 328 g/mol. The second-order valence-electron chi connectivity index (χ2n) is 6.16. The second-order valence-corrected chi connectivity index (χ2v) is 6.16. The van der Waals surface area contributed by atoms with Gasteiger partial charge in [-0.2, -0.15) is 0 Å². The summed E-state index contributed by atoms with van der Waals surface area (Å²) < 4.78 is 5.93. The molecule has 130 valence electrons. The van der Waals surface area contributed by atoms with Crippen molar-refractivity contribution in [1.29, 1.82) is 0 Å². The number of aliphatic hydroxyl groups is 1. The first kappa shape index (κ1) is 16.3. The summed E-state index contributed by atoms with van der Waals surface area (Å²) in [7, 11) is 0. The number of aliphatic hydroxyl groups excluding tert-OH is 1. The summed E-state index contributed by atoms with van der Waals surface area (Å²) >= 11 is 0. The standard InChI is InChI=1S/C20H18N4O2/c1-14(25)6-8-18-20(22-11-10-21-18)26-16-12-24(13-16)19-9-7-15-4-2-3-5-17(15)23-19/h2-5,7,9-11,14,16,25H,12-13H2,1H3/t14-/m1/s1. The molecule has 1 aliphatic rings. The average Bonchev–Trinajstić information content (AvgIpc) is 2.63. The Hall–Kier alpha value is -3.17. The highest BCUT2D eigenvalue weighted by atomic mass is 16.5. The third-order valence-electron chi connectivity index (χ3n) is 4.10. The third kappa shape index (κ3) is 3.44. The molecule has 1 fully saturated rings. The minimum Gasteiger partial charge on any atom is -0.469 e. The van der Waals surface area contributed by atoms with Gasteiger partial charge in [0.25, 0.3) is 0 Å². The van der Waals surface area contributed by atoms with Gasteiger partial charge in [-0.05, 0) is 31.0 Å². The zero-order chi connectivity index (χ0) is 17.9. The van der Waals surface area contributed by atoms with Gasteiger partial charge in [0, 0.05) is 17.8 Å². The largest absolute Gasteiger partial charge is 0.469 e. The lowest BCUT2D eigenvalue weighted by molar-refractivity contribution is 0.159. The molecule has 6 heteroatoms. The number of nitrogens with zero attached hydrogens (tertiary/aromatic N) is 4. The molecule has 6 nitrogen and oxygen atoms in total. The molecule has 4 rings (SSSR count). The van der Waals surface area contributed by atoms with Gasteiger partial charge in [-0.1, -0.05) is 24.1 Å². The van der Waals surface area contributed by atoms with E-state index in [1.165, 1.54) is 0 Å². The van der Waals surface area contributed by atoms with Gasteiger partial charge in [-0.25, -0.2) is 15.0 Å². The number of anilines is 1. The van der Waals surface area contributed by atoms with Crippen molar-refractivity contribution < 1.29 is 9.84 Å². The molecule has 0 bridgehead atoms. The molecule has 0 amide bonds. The van der Waals surface area contributed by atoms with Gasteiger partial charge >= 0.3 is 0 Å². The van der Waals surface area contributed by atoms with Crippen LogP contribution in [0.1, 0.15) is 12.6 Å². The van der Waals surface area contributed by atoms with E-state index in [2.05, 4.69) is 38.8 Å². The van der Waals surface area contributed by atoms with Crippen LogP contribution in [-0.2, 0) is 0 Å². The van der Waals surface area contributed by atoms with E-state index in [-0.39, 0.29) is 6.10 Å². The predicted octanol–water partition coefficient (Wildman–Crippen LogP) is 2.02. The van der Waals surface area contributed by atoms with E-state index in [0.717, 1.165) is 29.8 Å². The van der Waals surface area contributed by atoms with E-state index in [4.69, 9.17) is 9.72 Å². The van der Waals surface area contributed by atoms with E-state index < -0.39 is 6.10 Å². The summed E-state index contributed by atoms with van der Waals surface area (Å²) in [6.45, 7) is 3.06. The number of hydrogen-bond donors (Lipinski definition) is 1. The first-order chi connectivity index (χ1) is 12.7. The highest BCUT2D eigenvalue weighted by Crippen LogP contribution is 2.24. The molecule has 1 saturated heterocycles. The summed E-state index contributed by atoms with van der Waals surface area (Å²) in [6, 6.07) is 12.2. The number of fused-ring (bicyclic) bond motifs is 1. The first-order valence-electron chi connectivity index (χ1n) is 8.47. The Kier molecular flexibility index (Phi) is 4.38. The van der Waals surface area contributed by atoms with Crippen LogP contribution in [0.15, 0.2) is 48.8 Å². The number of benzene rings is 1. The van der Waals surface area contributed by atoms with Crippen LogP contribution >= 0.6 is 0 Å². The zero-order valence-electron chi connectivity index (χ0n) is 14.3. The molecule has 0 radical (unpaired) electrons. The van der Waals surface area contributed by atoms with Crippen LogP contribution in [0.4, 0.5) is 5.82 Å². The Balaban J connectivity index is 1.43. The van der Waals surface area contributed by atoms with Crippen molar-refractivity contribution in [3.05, 3.63) is 54.5 Å². The Morgan fingerprint density at radius 3 is 2.81 bits per heavy atom. The highest BCUT2D eigenvalue weighted by Gasteiger charge is 2.30. The number of rotatable bonds is 3. The summed E-state index contributed by atoms with van der Waals surface area (Å²) in [6.07, 6.45) is 2.42. The SMILES string of the molecule is C[C@@H](O)C#Cc1nccnc1OC1CN(c2ccc3ccccc3n2)C1. The van der Waals surface area contributed by atoms with Crippen LogP contribution in [0.5, 0.6) is 5.88 Å². The van der Waals surface area contributed by atoms with Gasteiger partial charge in [-0.3, -0.25) is 0 Å². The lowest BCUT2D eigenvalue weighted by Crippen LogP contribution is -2.54. The summed E-state index contributed by atoms with van der Waals surface area (Å²) in [5.41, 5.74) is 1.43. The maximum atomic E-state index is 9.30. The molecule has 0 aliphatic carbocycles. The Labute approximate surface area is 151 Å². The second kappa shape index (κ2) is 6.98. The smallest absolute Gasteiger partial charge is 0.249 e. The number of aromatic nitrogens is 3. The lowest BCUT2D eigenvalue weighted by Gasteiger charge is -2.39. The van der Waals surface area contributed by atoms with E-state index >= 15 is 0 Å². The van der Waals surface area contributed by atoms with Crippen LogP contribution in [0.25, 0.3) is 10.9 Å². The van der Waals surface area contributed by atoms with E-state index in [0.29, 0.717) is 11.6 Å². The molecule has 26 heavy (non-hydrogen) atoms. The molecule has 1 aromatic carbocycles. The minimum absolute atomic E-state index is 0.00655. The highest BCUT2D eigenvalue weighted by molar-refractivity contribution is 5.80. The quantitative estimate of drug-likeness (QED) is 0.732. The van der Waals surface area contributed by atoms with Gasteiger partial charge in [0.1, 0.15) is 18.0 Å². The van der Waals surface area contributed by atoms with Gasteiger partial charge in [0.2, 0.25) is 5.88 Å². The van der Waals surface area contributed by atoms with Gasteiger partial charge in [0.15, 0.2) is 5.69 Å². The van der Waals surface area contributed by atoms with Gasteiger partial charge in [0.05, 0.1) is 18.6 Å². The number of hydrogen-bond acceptors (Lipinski definition) is 6. The van der Waals surface area contributed by atoms with Crippen LogP contribution in [0.2, 0.25) is 0 Å². The topological polar surface area (TPSA) is 71.4 Å². The van der Waals surface area contributed by atoms with Crippen molar-refractivity contribution in [3.8, 4) is 17.7 Å². The van der Waals surface area contributed by atoms with Crippen LogP contribution in [0.3, 0.4) is 0 Å². The van der Waals surface area contributed by atoms with Gasteiger partial charge in [-0.15, -0.1) is 0 Å². The summed E-state index contributed by atoms with van der Waals surface area (Å²) in [4.78, 5) is 15.2. The Bertz CT molecular complexity index is 988. The molecular formula is C20H18N4O2. The molecule has 0 unspecified atom stereocenters. The molecule has 3 aromatic rings. The van der Waals surface area contributed by atoms with E-state index in [1.807, 2.05) is 24.3 Å². The van der Waals surface area contributed by atoms with Gasteiger partial charge < -0.3 is 14.7 Å². The summed E-state index contributed by atoms with van der Waals surface area (Å²) in [5, 5.41) is 10.4. The minimum atomic E-state index is -0.719. The van der Waals surface area contributed by atoms with Crippen LogP contribution in [0, 0.1) is 11.8 Å². The lowest BCUT2D eigenvalue weighted by atomic mass is 10.1. The van der Waals surface area contributed by atoms with Crippen molar-refractivity contribution in [1.82, 2.24) is 15.0 Å². The van der Waals surface area contributed by atoms with Crippen LogP contribution < -0.4 is 9.64 Å². The Morgan fingerprint density at radius 1 is 1.15 bits per heavy atom. The maximum absolute atomic E-state index is 9.30. The fourth-order valence-electron chi connectivity index (χ4n) is 2.76. The van der Waals surface area contributed by atoms with Crippen molar-refractivity contribution in [3.63, 3.8) is 0 Å². The Morgan fingerprint density at radius 2 is 1.96 bits per heavy atom. The number of ether oxygens (including phenoxy) is 1. The van der Waals surface area contributed by atoms with Crippen molar-refractivity contribution in [2.24, 2.45) is 0 Å². The fraction of sp³-hybridized carbons (Fsp3) is 0.250. The van der Waals surface area contributed by atoms with Crippen molar-refractivity contribution >= 4 is 16.7 Å². The molecule has 0 spiro atoms. The predicted molar refractivity (Wildman–Crippen MR) is 99.0 cm³/mol. The number of pyridine rings is 1. The monoisotopic (exact) mass is 346 g/mol. The maximum Gasteiger partial charge on any atom is 0.249 e. The summed E-state index contributed by atoms with van der Waals surface area (Å²) in [5.74, 6) is 6.81. The van der Waals surface area contributed by atoms with E-state index in [9.17, 15) is 5.11 Å². The number of para-hydroxylation sites is 1. The molecule has 1 N–H and O–H groups in total. The van der Waals surface area contributed by atoms with Crippen LogP contribution in [-0.4, -0.2) is 45.4 Å².